The molecule has 2 heterocycles. The predicted octanol–water partition coefficient (Wildman–Crippen LogP) is 1.89. The van der Waals surface area contributed by atoms with Gasteiger partial charge in [-0.1, -0.05) is 18.2 Å². The molecule has 1 saturated heterocycles. The van der Waals surface area contributed by atoms with Crippen molar-refractivity contribution in [3.05, 3.63) is 34.7 Å². The van der Waals surface area contributed by atoms with Gasteiger partial charge in [-0.2, -0.15) is 10.3 Å². The molecule has 2 aliphatic heterocycles. The van der Waals surface area contributed by atoms with Gasteiger partial charge >= 0.3 is 0 Å². The summed E-state index contributed by atoms with van der Waals surface area (Å²) in [5, 5.41) is 19.2. The van der Waals surface area contributed by atoms with Gasteiger partial charge < -0.3 is 10.0 Å². The van der Waals surface area contributed by atoms with Crippen LogP contribution in [-0.2, 0) is 4.79 Å². The molecule has 0 radical (unpaired) electrons. The number of para-hydroxylation sites is 1. The first-order chi connectivity index (χ1) is 11.7. The molecule has 0 aliphatic carbocycles. The van der Waals surface area contributed by atoms with Crippen molar-refractivity contribution in [1.82, 2.24) is 9.80 Å². The second-order valence-electron chi connectivity index (χ2n) is 5.61. The van der Waals surface area contributed by atoms with E-state index in [0.29, 0.717) is 16.9 Å². The highest BCUT2D eigenvalue weighted by Gasteiger charge is 2.28. The SMILES string of the molecule is N#CCCN1CCN(C2=NC(=O)C(=Cc3ccccc3O)S2)CC1. The average molecular weight is 342 g/mol. The Kier molecular flexibility index (Phi) is 5.18. The summed E-state index contributed by atoms with van der Waals surface area (Å²) in [5.41, 5.74) is 0.617. The molecule has 2 aliphatic rings. The largest absolute Gasteiger partial charge is 0.507 e. The lowest BCUT2D eigenvalue weighted by molar-refractivity contribution is -0.113. The topological polar surface area (TPSA) is 79.9 Å². The number of nitriles is 1. The van der Waals surface area contributed by atoms with Crippen molar-refractivity contribution in [2.24, 2.45) is 4.99 Å². The second kappa shape index (κ2) is 7.51. The van der Waals surface area contributed by atoms with E-state index in [2.05, 4.69) is 20.9 Å². The number of amides is 1. The zero-order chi connectivity index (χ0) is 16.9. The molecule has 6 nitrogen and oxygen atoms in total. The number of piperazine rings is 1. The maximum atomic E-state index is 12.1. The van der Waals surface area contributed by atoms with E-state index >= 15 is 0 Å². The average Bonchev–Trinajstić information content (AvgIpc) is 2.96. The highest BCUT2D eigenvalue weighted by Crippen LogP contribution is 2.32. The molecule has 0 atom stereocenters. The van der Waals surface area contributed by atoms with Crippen molar-refractivity contribution >= 4 is 28.9 Å². The van der Waals surface area contributed by atoms with E-state index in [4.69, 9.17) is 5.26 Å². The number of aromatic hydroxyl groups is 1. The summed E-state index contributed by atoms with van der Waals surface area (Å²) in [6, 6.07) is 9.09. The molecule has 0 spiro atoms. The zero-order valence-electron chi connectivity index (χ0n) is 13.2. The summed E-state index contributed by atoms with van der Waals surface area (Å²) in [5.74, 6) is -0.108. The van der Waals surface area contributed by atoms with Crippen molar-refractivity contribution < 1.29 is 9.90 Å². The smallest absolute Gasteiger partial charge is 0.286 e. The molecule has 1 aromatic carbocycles. The first-order valence-electron chi connectivity index (χ1n) is 7.82. The number of phenolic OH excluding ortho intramolecular Hbond substituents is 1. The van der Waals surface area contributed by atoms with Crippen LogP contribution in [0, 0.1) is 11.3 Å². The first-order valence-corrected chi connectivity index (χ1v) is 8.64. The Morgan fingerprint density at radius 1 is 1.29 bits per heavy atom. The molecule has 3 rings (SSSR count). The molecular weight excluding hydrogens is 324 g/mol. The number of carbonyl (C=O) groups excluding carboxylic acids is 1. The van der Waals surface area contributed by atoms with Gasteiger partial charge in [-0.3, -0.25) is 9.69 Å². The molecule has 0 aromatic heterocycles. The third kappa shape index (κ3) is 3.78. The number of phenols is 1. The maximum Gasteiger partial charge on any atom is 0.286 e. The predicted molar refractivity (Wildman–Crippen MR) is 94.4 cm³/mol. The molecule has 0 saturated carbocycles. The number of aliphatic imine (C=N–C) groups is 1. The fourth-order valence-electron chi connectivity index (χ4n) is 2.65. The number of carbonyl (C=O) groups is 1. The quantitative estimate of drug-likeness (QED) is 0.845. The Labute approximate surface area is 145 Å². The van der Waals surface area contributed by atoms with Crippen LogP contribution in [0.25, 0.3) is 6.08 Å². The van der Waals surface area contributed by atoms with E-state index in [1.807, 2.05) is 6.07 Å². The minimum atomic E-state index is -0.259. The fraction of sp³-hybridized carbons (Fsp3) is 0.353. The van der Waals surface area contributed by atoms with Crippen molar-refractivity contribution in [3.63, 3.8) is 0 Å². The van der Waals surface area contributed by atoms with Gasteiger partial charge in [0, 0.05) is 44.7 Å². The summed E-state index contributed by atoms with van der Waals surface area (Å²) >= 11 is 1.35. The molecule has 1 N–H and O–H groups in total. The molecule has 124 valence electrons. The van der Waals surface area contributed by atoms with Crippen molar-refractivity contribution in [2.45, 2.75) is 6.42 Å². The van der Waals surface area contributed by atoms with Crippen LogP contribution in [0.5, 0.6) is 5.75 Å². The Morgan fingerprint density at radius 3 is 2.75 bits per heavy atom. The van der Waals surface area contributed by atoms with E-state index in [1.165, 1.54) is 11.8 Å². The third-order valence-electron chi connectivity index (χ3n) is 4.02. The molecule has 0 unspecified atom stereocenters. The second-order valence-corrected chi connectivity index (χ2v) is 6.61. The van der Waals surface area contributed by atoms with Crippen LogP contribution in [-0.4, -0.2) is 58.7 Å². The number of thioether (sulfide) groups is 1. The van der Waals surface area contributed by atoms with Gasteiger partial charge in [0.2, 0.25) is 0 Å². The summed E-state index contributed by atoms with van der Waals surface area (Å²) in [7, 11) is 0. The first kappa shape index (κ1) is 16.6. The molecule has 1 amide bonds. The number of nitrogens with zero attached hydrogens (tertiary/aromatic N) is 4. The minimum absolute atomic E-state index is 0.151. The maximum absolute atomic E-state index is 12.1. The summed E-state index contributed by atoms with van der Waals surface area (Å²) in [6.45, 7) is 4.13. The number of hydrogen-bond acceptors (Lipinski definition) is 6. The number of benzene rings is 1. The number of amidine groups is 1. The number of rotatable bonds is 3. The summed E-state index contributed by atoms with van der Waals surface area (Å²) in [4.78, 5) is 21.2. The van der Waals surface area contributed by atoms with Gasteiger partial charge in [-0.25, -0.2) is 0 Å². The summed E-state index contributed by atoms with van der Waals surface area (Å²) in [6.07, 6.45) is 2.23. The number of hydrogen-bond donors (Lipinski definition) is 1. The van der Waals surface area contributed by atoms with Crippen LogP contribution in [0.3, 0.4) is 0 Å². The van der Waals surface area contributed by atoms with Gasteiger partial charge in [0.15, 0.2) is 5.17 Å². The molecule has 1 fully saturated rings. The van der Waals surface area contributed by atoms with Crippen molar-refractivity contribution in [2.75, 3.05) is 32.7 Å². The van der Waals surface area contributed by atoms with Crippen LogP contribution in [0.1, 0.15) is 12.0 Å². The van der Waals surface area contributed by atoms with Gasteiger partial charge in [0.25, 0.3) is 5.91 Å². The molecule has 0 bridgehead atoms. The lowest BCUT2D eigenvalue weighted by Crippen LogP contribution is -2.47. The van der Waals surface area contributed by atoms with Gasteiger partial charge in [0.05, 0.1) is 11.0 Å². The van der Waals surface area contributed by atoms with Crippen molar-refractivity contribution in [3.8, 4) is 11.8 Å². The van der Waals surface area contributed by atoms with Crippen LogP contribution in [0.4, 0.5) is 0 Å². The van der Waals surface area contributed by atoms with E-state index < -0.39 is 0 Å². The molecule has 24 heavy (non-hydrogen) atoms. The Bertz CT molecular complexity index is 730. The van der Waals surface area contributed by atoms with E-state index in [0.717, 1.165) is 37.9 Å². The molecule has 1 aromatic rings. The lowest BCUT2D eigenvalue weighted by atomic mass is 10.2. The van der Waals surface area contributed by atoms with E-state index in [1.54, 1.807) is 24.3 Å². The minimum Gasteiger partial charge on any atom is -0.507 e. The summed E-state index contributed by atoms with van der Waals surface area (Å²) < 4.78 is 0. The Balaban J connectivity index is 1.62. The van der Waals surface area contributed by atoms with Crippen LogP contribution in [0.2, 0.25) is 0 Å². The van der Waals surface area contributed by atoms with E-state index in [9.17, 15) is 9.90 Å². The van der Waals surface area contributed by atoms with Crippen molar-refractivity contribution in [1.29, 1.82) is 5.26 Å². The van der Waals surface area contributed by atoms with Gasteiger partial charge in [-0.15, -0.1) is 0 Å². The van der Waals surface area contributed by atoms with Crippen LogP contribution < -0.4 is 0 Å². The Hall–Kier alpha value is -2.30. The fourth-order valence-corrected chi connectivity index (χ4v) is 3.61. The Morgan fingerprint density at radius 2 is 2.04 bits per heavy atom. The monoisotopic (exact) mass is 342 g/mol. The molecular formula is C17H18N4O2S. The van der Waals surface area contributed by atoms with Gasteiger partial charge in [-0.05, 0) is 23.9 Å². The van der Waals surface area contributed by atoms with E-state index in [-0.39, 0.29) is 11.7 Å². The highest BCUT2D eigenvalue weighted by molar-refractivity contribution is 8.18. The third-order valence-corrected chi connectivity index (χ3v) is 5.06. The standard InChI is InChI=1S/C17H18N4O2S/c18-6-3-7-20-8-10-21(11-9-20)17-19-16(23)15(24-17)12-13-4-1-2-5-14(13)22/h1-2,4-5,12,22H,3,7-11H2. The normalized spacial score (nSPS) is 20.3. The van der Waals surface area contributed by atoms with Crippen LogP contribution >= 0.6 is 11.8 Å². The zero-order valence-corrected chi connectivity index (χ0v) is 14.0. The van der Waals surface area contributed by atoms with Crippen LogP contribution in [0.15, 0.2) is 34.2 Å². The highest BCUT2D eigenvalue weighted by atomic mass is 32.2. The lowest BCUT2D eigenvalue weighted by Gasteiger charge is -2.34. The van der Waals surface area contributed by atoms with Gasteiger partial charge in [0.1, 0.15) is 5.75 Å². The molecule has 7 heteroatoms.